The lowest BCUT2D eigenvalue weighted by Crippen LogP contribution is -2.25. The van der Waals surface area contributed by atoms with Crippen LogP contribution in [0.1, 0.15) is 24.5 Å². The normalized spacial score (nSPS) is 19.8. The third kappa shape index (κ3) is 2.52. The topological polar surface area (TPSA) is 23.1 Å². The van der Waals surface area contributed by atoms with Gasteiger partial charge in [0.15, 0.2) is 0 Å². The van der Waals surface area contributed by atoms with Gasteiger partial charge in [-0.25, -0.2) is 0 Å². The van der Waals surface area contributed by atoms with Gasteiger partial charge in [-0.05, 0) is 23.7 Å². The lowest BCUT2D eigenvalue weighted by molar-refractivity contribution is -0.418. The molecule has 1 aliphatic heterocycles. The van der Waals surface area contributed by atoms with Crippen LogP contribution in [0.2, 0.25) is 0 Å². The van der Waals surface area contributed by atoms with Gasteiger partial charge in [-0.15, -0.1) is 0 Å². The second-order valence-corrected chi connectivity index (χ2v) is 6.17. The highest BCUT2D eigenvalue weighted by Crippen LogP contribution is 2.19. The lowest BCUT2D eigenvalue weighted by atomic mass is 10.1. The van der Waals surface area contributed by atoms with E-state index in [0.29, 0.717) is 10.9 Å². The molecule has 1 heterocycles. The maximum absolute atomic E-state index is 11.9. The first-order valence-electron chi connectivity index (χ1n) is 5.21. The standard InChI is InChI=1S/C12H16OS/c13-12(10-14-8-4-5-9-14)11-6-2-1-3-7-11/h1-3,6-7,12H,4-5,8-10H2. The summed E-state index contributed by atoms with van der Waals surface area (Å²) in [6, 6.07) is 9.79. The summed E-state index contributed by atoms with van der Waals surface area (Å²) >= 11 is 0. The first-order chi connectivity index (χ1) is 6.86. The molecular formula is C12H16OS. The van der Waals surface area contributed by atoms with Crippen molar-refractivity contribution in [2.24, 2.45) is 0 Å². The molecule has 0 amide bonds. The van der Waals surface area contributed by atoms with Gasteiger partial charge in [0.05, 0.1) is 5.75 Å². The molecule has 0 spiro atoms. The predicted octanol–water partition coefficient (Wildman–Crippen LogP) is 1.50. The molecule has 0 bridgehead atoms. The summed E-state index contributed by atoms with van der Waals surface area (Å²) < 4.78 is 0. The molecule has 1 nitrogen and oxygen atoms in total. The van der Waals surface area contributed by atoms with Gasteiger partial charge in [-0.1, -0.05) is 42.0 Å². The molecule has 1 fully saturated rings. The summed E-state index contributed by atoms with van der Waals surface area (Å²) in [5.41, 5.74) is 0.965. The Morgan fingerprint density at radius 2 is 1.79 bits per heavy atom. The highest BCUT2D eigenvalue weighted by Gasteiger charge is 2.24. The van der Waals surface area contributed by atoms with E-state index in [1.165, 1.54) is 24.3 Å². The largest absolute Gasteiger partial charge is 0.845 e. The zero-order valence-electron chi connectivity index (χ0n) is 8.32. The second-order valence-electron chi connectivity index (χ2n) is 3.79. The molecular weight excluding hydrogens is 192 g/mol. The summed E-state index contributed by atoms with van der Waals surface area (Å²) in [5, 5.41) is 11.9. The Kier molecular flexibility index (Phi) is 3.49. The summed E-state index contributed by atoms with van der Waals surface area (Å²) in [6.45, 7) is 0. The fourth-order valence-electron chi connectivity index (χ4n) is 1.86. The molecule has 1 aromatic rings. The highest BCUT2D eigenvalue weighted by molar-refractivity contribution is 7.97. The first-order valence-corrected chi connectivity index (χ1v) is 6.94. The Hall–Kier alpha value is -0.470. The maximum Gasteiger partial charge on any atom is 0.108 e. The van der Waals surface area contributed by atoms with Gasteiger partial charge in [-0.3, -0.25) is 0 Å². The minimum absolute atomic E-state index is 0.430. The van der Waals surface area contributed by atoms with Crippen LogP contribution in [0.3, 0.4) is 0 Å². The number of hydrogen-bond acceptors (Lipinski definition) is 1. The van der Waals surface area contributed by atoms with Crippen molar-refractivity contribution >= 4 is 10.9 Å². The van der Waals surface area contributed by atoms with Gasteiger partial charge in [0, 0.05) is 0 Å². The van der Waals surface area contributed by atoms with E-state index in [1.54, 1.807) is 0 Å². The zero-order chi connectivity index (χ0) is 9.80. The molecule has 1 aliphatic rings. The molecule has 0 radical (unpaired) electrons. The van der Waals surface area contributed by atoms with Crippen LogP contribution in [0.15, 0.2) is 30.3 Å². The Labute approximate surface area is 88.5 Å². The van der Waals surface area contributed by atoms with E-state index in [-0.39, 0.29) is 0 Å². The van der Waals surface area contributed by atoms with Crippen LogP contribution in [0, 0.1) is 0 Å². The fourth-order valence-corrected chi connectivity index (χ4v) is 4.24. The molecule has 76 valence electrons. The summed E-state index contributed by atoms with van der Waals surface area (Å²) in [5.74, 6) is 3.46. The average molecular weight is 208 g/mol. The van der Waals surface area contributed by atoms with Gasteiger partial charge in [0.1, 0.15) is 11.5 Å². The Morgan fingerprint density at radius 3 is 2.43 bits per heavy atom. The van der Waals surface area contributed by atoms with Gasteiger partial charge in [-0.2, -0.15) is 0 Å². The molecule has 0 N–H and O–H groups in total. The van der Waals surface area contributed by atoms with Crippen LogP contribution >= 0.6 is 0 Å². The highest BCUT2D eigenvalue weighted by atomic mass is 32.2. The molecule has 0 aromatic heterocycles. The van der Waals surface area contributed by atoms with E-state index in [9.17, 15) is 5.11 Å². The molecule has 1 unspecified atom stereocenters. The van der Waals surface area contributed by atoms with E-state index >= 15 is 0 Å². The van der Waals surface area contributed by atoms with Crippen molar-refractivity contribution in [1.29, 1.82) is 0 Å². The van der Waals surface area contributed by atoms with Crippen LogP contribution < -0.4 is 5.11 Å². The monoisotopic (exact) mass is 208 g/mol. The summed E-state index contributed by atoms with van der Waals surface area (Å²) in [4.78, 5) is 0. The van der Waals surface area contributed by atoms with Gasteiger partial charge >= 0.3 is 0 Å². The van der Waals surface area contributed by atoms with Crippen molar-refractivity contribution in [2.45, 2.75) is 18.9 Å². The molecule has 0 saturated carbocycles. The molecule has 1 aromatic carbocycles. The minimum atomic E-state index is -0.488. The number of hydrogen-bond donors (Lipinski definition) is 0. The van der Waals surface area contributed by atoms with Crippen molar-refractivity contribution < 1.29 is 5.11 Å². The molecule has 1 atom stereocenters. The molecule has 2 rings (SSSR count). The second kappa shape index (κ2) is 4.85. The minimum Gasteiger partial charge on any atom is -0.845 e. The zero-order valence-corrected chi connectivity index (χ0v) is 9.13. The smallest absolute Gasteiger partial charge is 0.108 e. The molecule has 1 saturated heterocycles. The van der Waals surface area contributed by atoms with Crippen LogP contribution in [-0.2, 0) is 10.9 Å². The Bertz CT molecular complexity index is 267. The Morgan fingerprint density at radius 1 is 1.14 bits per heavy atom. The van der Waals surface area contributed by atoms with Crippen molar-refractivity contribution in [3.63, 3.8) is 0 Å². The number of rotatable bonds is 3. The summed E-state index contributed by atoms with van der Waals surface area (Å²) in [7, 11) is 0.430. The predicted molar refractivity (Wildman–Crippen MR) is 60.4 cm³/mol. The molecule has 14 heavy (non-hydrogen) atoms. The first kappa shape index (κ1) is 10.1. The van der Waals surface area contributed by atoms with Crippen LogP contribution in [0.4, 0.5) is 0 Å². The molecule has 2 heteroatoms. The van der Waals surface area contributed by atoms with Crippen molar-refractivity contribution in [3.8, 4) is 0 Å². The SMILES string of the molecule is [O-]C(C[S+]1CCCC1)c1ccccc1. The van der Waals surface area contributed by atoms with E-state index < -0.39 is 6.10 Å². The fraction of sp³-hybridized carbons (Fsp3) is 0.500. The van der Waals surface area contributed by atoms with Gasteiger partial charge in [0.25, 0.3) is 0 Å². The van der Waals surface area contributed by atoms with Gasteiger partial charge in [0.2, 0.25) is 0 Å². The molecule has 0 aliphatic carbocycles. The van der Waals surface area contributed by atoms with Gasteiger partial charge < -0.3 is 5.11 Å². The average Bonchev–Trinajstić information content (AvgIpc) is 2.72. The lowest BCUT2D eigenvalue weighted by Gasteiger charge is -2.20. The third-order valence-electron chi connectivity index (χ3n) is 2.67. The van der Waals surface area contributed by atoms with E-state index in [0.717, 1.165) is 11.3 Å². The van der Waals surface area contributed by atoms with E-state index in [1.807, 2.05) is 30.3 Å². The van der Waals surface area contributed by atoms with Crippen molar-refractivity contribution in [2.75, 3.05) is 17.3 Å². The third-order valence-corrected chi connectivity index (χ3v) is 5.18. The van der Waals surface area contributed by atoms with Crippen molar-refractivity contribution in [1.82, 2.24) is 0 Å². The Balaban J connectivity index is 1.92. The number of benzene rings is 1. The van der Waals surface area contributed by atoms with Crippen molar-refractivity contribution in [3.05, 3.63) is 35.9 Å². The maximum atomic E-state index is 11.9. The quantitative estimate of drug-likeness (QED) is 0.690. The van der Waals surface area contributed by atoms with Crippen LogP contribution in [-0.4, -0.2) is 17.3 Å². The van der Waals surface area contributed by atoms with E-state index in [4.69, 9.17) is 0 Å². The summed E-state index contributed by atoms with van der Waals surface area (Å²) in [6.07, 6.45) is 2.19. The van der Waals surface area contributed by atoms with Crippen LogP contribution in [0.5, 0.6) is 0 Å². The van der Waals surface area contributed by atoms with E-state index in [2.05, 4.69) is 0 Å². The van der Waals surface area contributed by atoms with Crippen LogP contribution in [0.25, 0.3) is 0 Å².